The zero-order valence-corrected chi connectivity index (χ0v) is 9.37. The maximum Gasteiger partial charge on any atom is 0.253 e. The fourth-order valence-corrected chi connectivity index (χ4v) is 1.11. The Hall–Kier alpha value is -1.23. The molecule has 0 atom stereocenters. The predicted octanol–water partition coefficient (Wildman–Crippen LogP) is 1.89. The molecule has 0 spiro atoms. The fraction of sp³-hybridized carbons (Fsp3) is 0.600. The van der Waals surface area contributed by atoms with E-state index in [1.54, 1.807) is 0 Å². The zero-order chi connectivity index (χ0) is 11.4. The first-order chi connectivity index (χ1) is 7.10. The van der Waals surface area contributed by atoms with Crippen molar-refractivity contribution in [1.82, 2.24) is 9.97 Å². The van der Waals surface area contributed by atoms with Crippen LogP contribution in [0.5, 0.6) is 5.88 Å². The molecule has 15 heavy (non-hydrogen) atoms. The van der Waals surface area contributed by atoms with Crippen LogP contribution in [0.4, 0.5) is 4.39 Å². The van der Waals surface area contributed by atoms with Crippen molar-refractivity contribution in [2.75, 3.05) is 14.2 Å². The Morgan fingerprint density at radius 2 is 1.93 bits per heavy atom. The monoisotopic (exact) mass is 214 g/mol. The molecular weight excluding hydrogens is 199 g/mol. The van der Waals surface area contributed by atoms with Gasteiger partial charge in [-0.2, -0.15) is 9.37 Å². The van der Waals surface area contributed by atoms with Gasteiger partial charge in [0, 0.05) is 13.0 Å². The second-order valence-electron chi connectivity index (χ2n) is 3.44. The van der Waals surface area contributed by atoms with Crippen molar-refractivity contribution in [3.8, 4) is 5.88 Å². The molecule has 1 aromatic rings. The summed E-state index contributed by atoms with van der Waals surface area (Å²) in [6.07, 6.45) is 0. The summed E-state index contributed by atoms with van der Waals surface area (Å²) in [4.78, 5) is 8.05. The van der Waals surface area contributed by atoms with Crippen molar-refractivity contribution in [3.05, 3.63) is 17.3 Å². The minimum atomic E-state index is -0.552. The molecule has 0 amide bonds. The van der Waals surface area contributed by atoms with Gasteiger partial charge in [-0.3, -0.25) is 0 Å². The summed E-state index contributed by atoms with van der Waals surface area (Å²) >= 11 is 0. The van der Waals surface area contributed by atoms with E-state index in [0.717, 1.165) is 0 Å². The number of nitrogens with zero attached hydrogens (tertiary/aromatic N) is 2. The van der Waals surface area contributed by atoms with Crippen molar-refractivity contribution in [3.63, 3.8) is 0 Å². The SMILES string of the molecule is COCc1nc(C(C)C)nc(OC)c1F. The zero-order valence-electron chi connectivity index (χ0n) is 9.37. The highest BCUT2D eigenvalue weighted by molar-refractivity contribution is 5.20. The van der Waals surface area contributed by atoms with E-state index in [1.165, 1.54) is 14.2 Å². The molecule has 0 fully saturated rings. The number of aromatic nitrogens is 2. The van der Waals surface area contributed by atoms with E-state index in [9.17, 15) is 4.39 Å². The summed E-state index contributed by atoms with van der Waals surface area (Å²) in [5, 5.41) is 0. The van der Waals surface area contributed by atoms with Gasteiger partial charge >= 0.3 is 0 Å². The number of ether oxygens (including phenoxy) is 2. The van der Waals surface area contributed by atoms with Crippen molar-refractivity contribution in [1.29, 1.82) is 0 Å². The van der Waals surface area contributed by atoms with Crippen LogP contribution in [0.2, 0.25) is 0 Å². The lowest BCUT2D eigenvalue weighted by Crippen LogP contribution is -2.08. The number of rotatable bonds is 4. The van der Waals surface area contributed by atoms with Gasteiger partial charge in [0.05, 0.1) is 13.7 Å². The summed E-state index contributed by atoms with van der Waals surface area (Å²) < 4.78 is 23.3. The van der Waals surface area contributed by atoms with Crippen LogP contribution in [0.25, 0.3) is 0 Å². The Bertz CT molecular complexity index is 342. The van der Waals surface area contributed by atoms with E-state index in [1.807, 2.05) is 13.8 Å². The Kier molecular flexibility index (Phi) is 3.96. The second-order valence-corrected chi connectivity index (χ2v) is 3.44. The average Bonchev–Trinajstić information content (AvgIpc) is 2.21. The maximum absolute atomic E-state index is 13.6. The highest BCUT2D eigenvalue weighted by atomic mass is 19.1. The van der Waals surface area contributed by atoms with Crippen molar-refractivity contribution in [2.24, 2.45) is 0 Å². The molecule has 0 bridgehead atoms. The van der Waals surface area contributed by atoms with Crippen LogP contribution in [0.1, 0.15) is 31.3 Å². The molecule has 5 heteroatoms. The third kappa shape index (κ3) is 2.62. The molecular formula is C10H15FN2O2. The smallest absolute Gasteiger partial charge is 0.253 e. The first-order valence-corrected chi connectivity index (χ1v) is 4.69. The van der Waals surface area contributed by atoms with Gasteiger partial charge in [0.15, 0.2) is 0 Å². The van der Waals surface area contributed by atoms with Gasteiger partial charge < -0.3 is 9.47 Å². The molecule has 84 valence electrons. The number of hydrogen-bond donors (Lipinski definition) is 0. The molecule has 1 aromatic heterocycles. The maximum atomic E-state index is 13.6. The standard InChI is InChI=1S/C10H15FN2O2/c1-6(2)9-12-7(5-14-3)8(11)10(13-9)15-4/h6H,5H2,1-4H3. The minimum Gasteiger partial charge on any atom is -0.479 e. The van der Waals surface area contributed by atoms with E-state index in [2.05, 4.69) is 9.97 Å². The Morgan fingerprint density at radius 3 is 2.40 bits per heavy atom. The molecule has 0 unspecified atom stereocenters. The van der Waals surface area contributed by atoms with Crippen molar-refractivity contribution < 1.29 is 13.9 Å². The van der Waals surface area contributed by atoms with Crippen LogP contribution < -0.4 is 4.74 Å². The summed E-state index contributed by atoms with van der Waals surface area (Å²) in [7, 11) is 2.87. The predicted molar refractivity (Wildman–Crippen MR) is 53.3 cm³/mol. The fourth-order valence-electron chi connectivity index (χ4n) is 1.11. The van der Waals surface area contributed by atoms with Gasteiger partial charge in [-0.15, -0.1) is 0 Å². The molecule has 4 nitrogen and oxygen atoms in total. The Morgan fingerprint density at radius 1 is 1.27 bits per heavy atom. The summed E-state index contributed by atoms with van der Waals surface area (Å²) in [5.41, 5.74) is 0.230. The summed E-state index contributed by atoms with van der Waals surface area (Å²) in [6, 6.07) is 0. The van der Waals surface area contributed by atoms with Gasteiger partial charge in [-0.1, -0.05) is 13.8 Å². The van der Waals surface area contributed by atoms with E-state index in [0.29, 0.717) is 5.82 Å². The lowest BCUT2D eigenvalue weighted by molar-refractivity contribution is 0.175. The topological polar surface area (TPSA) is 44.2 Å². The second kappa shape index (κ2) is 5.02. The van der Waals surface area contributed by atoms with Crippen LogP contribution in [0.3, 0.4) is 0 Å². The molecule has 0 N–H and O–H groups in total. The van der Waals surface area contributed by atoms with Crippen molar-refractivity contribution in [2.45, 2.75) is 26.4 Å². The van der Waals surface area contributed by atoms with Crippen LogP contribution in [0, 0.1) is 5.82 Å². The van der Waals surface area contributed by atoms with Gasteiger partial charge in [0.25, 0.3) is 5.88 Å². The molecule has 1 rings (SSSR count). The van der Waals surface area contributed by atoms with Gasteiger partial charge in [0.2, 0.25) is 5.82 Å². The number of hydrogen-bond acceptors (Lipinski definition) is 4. The molecule has 0 radical (unpaired) electrons. The van der Waals surface area contributed by atoms with Gasteiger partial charge in [-0.05, 0) is 0 Å². The summed E-state index contributed by atoms with van der Waals surface area (Å²) in [6.45, 7) is 3.98. The van der Waals surface area contributed by atoms with Gasteiger partial charge in [0.1, 0.15) is 11.5 Å². The molecule has 0 aliphatic heterocycles. The quantitative estimate of drug-likeness (QED) is 0.767. The lowest BCUT2D eigenvalue weighted by atomic mass is 10.2. The lowest BCUT2D eigenvalue weighted by Gasteiger charge is -2.10. The van der Waals surface area contributed by atoms with Gasteiger partial charge in [-0.25, -0.2) is 4.98 Å². The van der Waals surface area contributed by atoms with Crippen LogP contribution in [-0.4, -0.2) is 24.2 Å². The van der Waals surface area contributed by atoms with E-state index < -0.39 is 5.82 Å². The molecule has 0 aliphatic carbocycles. The van der Waals surface area contributed by atoms with Crippen molar-refractivity contribution >= 4 is 0 Å². The first kappa shape index (κ1) is 11.8. The third-order valence-corrected chi connectivity index (χ3v) is 1.90. The largest absolute Gasteiger partial charge is 0.479 e. The number of methoxy groups -OCH3 is 2. The van der Waals surface area contributed by atoms with Crippen LogP contribution in [-0.2, 0) is 11.3 Å². The van der Waals surface area contributed by atoms with E-state index in [-0.39, 0.29) is 24.1 Å². The molecule has 0 saturated heterocycles. The first-order valence-electron chi connectivity index (χ1n) is 4.69. The Labute approximate surface area is 88.5 Å². The highest BCUT2D eigenvalue weighted by Gasteiger charge is 2.16. The van der Waals surface area contributed by atoms with Crippen LogP contribution >= 0.6 is 0 Å². The molecule has 0 aromatic carbocycles. The summed E-state index contributed by atoms with van der Waals surface area (Å²) in [5.74, 6) is 0.0971. The van der Waals surface area contributed by atoms with Crippen LogP contribution in [0.15, 0.2) is 0 Å². The average molecular weight is 214 g/mol. The van der Waals surface area contributed by atoms with E-state index in [4.69, 9.17) is 9.47 Å². The van der Waals surface area contributed by atoms with E-state index >= 15 is 0 Å². The minimum absolute atomic E-state index is 0.0271. The molecule has 1 heterocycles. The third-order valence-electron chi connectivity index (χ3n) is 1.90. The highest BCUT2D eigenvalue weighted by Crippen LogP contribution is 2.20. The normalized spacial score (nSPS) is 10.8. The number of halogens is 1. The molecule has 0 saturated carbocycles. The molecule has 0 aliphatic rings. The Balaban J connectivity index is 3.19.